The van der Waals surface area contributed by atoms with Gasteiger partial charge in [-0.25, -0.2) is 8.78 Å². The molecule has 0 spiro atoms. The summed E-state index contributed by atoms with van der Waals surface area (Å²) in [5.41, 5.74) is -0.0670. The maximum absolute atomic E-state index is 13.3. The second-order valence-corrected chi connectivity index (χ2v) is 5.16. The highest BCUT2D eigenvalue weighted by molar-refractivity contribution is 5.75. The summed E-state index contributed by atoms with van der Waals surface area (Å²) in [6, 6.07) is 2.10. The molecule has 1 aromatic rings. The molecule has 0 amide bonds. The van der Waals surface area contributed by atoms with Crippen LogP contribution in [-0.2, 0) is 4.79 Å². The van der Waals surface area contributed by atoms with Gasteiger partial charge in [0.15, 0.2) is 0 Å². The van der Waals surface area contributed by atoms with Crippen LogP contribution in [0.5, 0.6) is 5.75 Å². The molecule has 2 rings (SSSR count). The van der Waals surface area contributed by atoms with Gasteiger partial charge in [-0.2, -0.15) is 0 Å². The van der Waals surface area contributed by atoms with Gasteiger partial charge in [0.1, 0.15) is 17.4 Å². The summed E-state index contributed by atoms with van der Waals surface area (Å²) in [5.74, 6) is -0.633. The summed E-state index contributed by atoms with van der Waals surface area (Å²) in [6.07, 6.45) is 3.33. The third-order valence-electron chi connectivity index (χ3n) is 3.65. The van der Waals surface area contributed by atoms with E-state index in [0.29, 0.717) is 0 Å². The van der Waals surface area contributed by atoms with Crippen LogP contribution in [-0.4, -0.2) is 5.97 Å². The van der Waals surface area contributed by atoms with Crippen molar-refractivity contribution in [3.05, 3.63) is 35.2 Å². The zero-order valence-electron chi connectivity index (χ0n) is 11.1. The van der Waals surface area contributed by atoms with Crippen LogP contribution < -0.4 is 4.74 Å². The Kier molecular flexibility index (Phi) is 4.17. The number of ether oxygens (including phenoxy) is 1. The van der Waals surface area contributed by atoms with Crippen molar-refractivity contribution in [3.63, 3.8) is 0 Å². The molecule has 1 fully saturated rings. The van der Waals surface area contributed by atoms with Crippen LogP contribution >= 0.6 is 0 Å². The number of esters is 1. The van der Waals surface area contributed by atoms with Gasteiger partial charge in [0.25, 0.3) is 0 Å². The lowest BCUT2D eigenvalue weighted by Gasteiger charge is -2.24. The van der Waals surface area contributed by atoms with Crippen LogP contribution in [0.4, 0.5) is 8.78 Å². The molecular formula is C15H17F2O2. The Morgan fingerprint density at radius 2 is 1.68 bits per heavy atom. The van der Waals surface area contributed by atoms with Crippen LogP contribution in [0.15, 0.2) is 12.1 Å². The normalized spacial score (nSPS) is 17.5. The SMILES string of the molecule is C[C]1CCC(C(=O)Oc2cc(F)c(C)c(F)c2)CC1. The van der Waals surface area contributed by atoms with Gasteiger partial charge in [0, 0.05) is 17.7 Å². The number of carbonyl (C=O) groups excluding carboxylic acids is 1. The average molecular weight is 267 g/mol. The van der Waals surface area contributed by atoms with E-state index >= 15 is 0 Å². The van der Waals surface area contributed by atoms with E-state index in [4.69, 9.17) is 4.74 Å². The van der Waals surface area contributed by atoms with Crippen molar-refractivity contribution in [3.8, 4) is 5.75 Å². The fourth-order valence-corrected chi connectivity index (χ4v) is 2.23. The highest BCUT2D eigenvalue weighted by Crippen LogP contribution is 2.31. The molecule has 0 saturated heterocycles. The summed E-state index contributed by atoms with van der Waals surface area (Å²) in [5, 5.41) is 0. The Labute approximate surface area is 111 Å². The van der Waals surface area contributed by atoms with Crippen LogP contribution in [0.2, 0.25) is 0 Å². The molecule has 1 radical (unpaired) electrons. The first kappa shape index (κ1) is 14.0. The lowest BCUT2D eigenvalue weighted by Crippen LogP contribution is -2.24. The number of hydrogen-bond donors (Lipinski definition) is 0. The van der Waals surface area contributed by atoms with Gasteiger partial charge in [0.2, 0.25) is 0 Å². The molecule has 19 heavy (non-hydrogen) atoms. The minimum atomic E-state index is -0.698. The third-order valence-corrected chi connectivity index (χ3v) is 3.65. The Hall–Kier alpha value is -1.45. The maximum atomic E-state index is 13.3. The van der Waals surface area contributed by atoms with E-state index in [0.717, 1.165) is 37.8 Å². The van der Waals surface area contributed by atoms with Crippen molar-refractivity contribution in [1.29, 1.82) is 0 Å². The molecular weight excluding hydrogens is 250 g/mol. The number of halogens is 2. The summed E-state index contributed by atoms with van der Waals surface area (Å²) in [4.78, 5) is 11.9. The van der Waals surface area contributed by atoms with Crippen LogP contribution in [0, 0.1) is 30.4 Å². The predicted octanol–water partition coefficient (Wildman–Crippen LogP) is 3.96. The van der Waals surface area contributed by atoms with E-state index in [-0.39, 0.29) is 17.2 Å². The van der Waals surface area contributed by atoms with Crippen LogP contribution in [0.1, 0.15) is 38.2 Å². The van der Waals surface area contributed by atoms with Crippen molar-refractivity contribution in [2.75, 3.05) is 0 Å². The van der Waals surface area contributed by atoms with Crippen molar-refractivity contribution in [2.45, 2.75) is 39.5 Å². The molecule has 0 atom stereocenters. The zero-order chi connectivity index (χ0) is 14.0. The zero-order valence-corrected chi connectivity index (χ0v) is 11.1. The molecule has 0 aromatic heterocycles. The van der Waals surface area contributed by atoms with Crippen molar-refractivity contribution in [1.82, 2.24) is 0 Å². The fraction of sp³-hybridized carbons (Fsp3) is 0.467. The minimum absolute atomic E-state index is 0.0584. The standard InChI is InChI=1S/C15H17F2O2/c1-9-3-5-11(6-4-9)15(18)19-12-7-13(16)10(2)14(17)8-12/h7-8,11H,3-6H2,1-2H3. The van der Waals surface area contributed by atoms with Crippen LogP contribution in [0.3, 0.4) is 0 Å². The molecule has 0 aliphatic heterocycles. The van der Waals surface area contributed by atoms with E-state index < -0.39 is 17.6 Å². The molecule has 1 saturated carbocycles. The summed E-state index contributed by atoms with van der Waals surface area (Å²) in [6.45, 7) is 3.42. The molecule has 0 heterocycles. The van der Waals surface area contributed by atoms with Gasteiger partial charge in [-0.3, -0.25) is 4.79 Å². The monoisotopic (exact) mass is 267 g/mol. The van der Waals surface area contributed by atoms with E-state index in [2.05, 4.69) is 6.92 Å². The fourth-order valence-electron chi connectivity index (χ4n) is 2.23. The third kappa shape index (κ3) is 3.31. The van der Waals surface area contributed by atoms with Gasteiger partial charge < -0.3 is 4.74 Å². The second-order valence-electron chi connectivity index (χ2n) is 5.16. The molecule has 0 N–H and O–H groups in total. The highest BCUT2D eigenvalue weighted by Gasteiger charge is 2.26. The Bertz CT molecular complexity index is 454. The van der Waals surface area contributed by atoms with E-state index in [1.807, 2.05) is 0 Å². The Balaban J connectivity index is 2.03. The van der Waals surface area contributed by atoms with Gasteiger partial charge in [-0.05, 0) is 38.5 Å². The second kappa shape index (κ2) is 5.68. The molecule has 0 bridgehead atoms. The molecule has 1 aliphatic rings. The Morgan fingerprint density at radius 3 is 2.21 bits per heavy atom. The molecule has 4 heteroatoms. The van der Waals surface area contributed by atoms with Crippen molar-refractivity contribution in [2.24, 2.45) is 5.92 Å². The number of hydrogen-bond acceptors (Lipinski definition) is 2. The minimum Gasteiger partial charge on any atom is -0.426 e. The molecule has 1 aliphatic carbocycles. The molecule has 2 nitrogen and oxygen atoms in total. The van der Waals surface area contributed by atoms with Gasteiger partial charge in [-0.1, -0.05) is 6.92 Å². The van der Waals surface area contributed by atoms with Crippen molar-refractivity contribution < 1.29 is 18.3 Å². The van der Waals surface area contributed by atoms with E-state index in [9.17, 15) is 13.6 Å². The van der Waals surface area contributed by atoms with Gasteiger partial charge in [-0.15, -0.1) is 0 Å². The summed E-state index contributed by atoms with van der Waals surface area (Å²) < 4.78 is 31.8. The molecule has 0 unspecified atom stereocenters. The van der Waals surface area contributed by atoms with Gasteiger partial charge >= 0.3 is 5.97 Å². The molecule has 1 aromatic carbocycles. The Morgan fingerprint density at radius 1 is 1.16 bits per heavy atom. The lowest BCUT2D eigenvalue weighted by atomic mass is 9.83. The topological polar surface area (TPSA) is 26.3 Å². The van der Waals surface area contributed by atoms with E-state index in [1.165, 1.54) is 12.8 Å². The quantitative estimate of drug-likeness (QED) is 0.599. The van der Waals surface area contributed by atoms with Gasteiger partial charge in [0.05, 0.1) is 5.92 Å². The highest BCUT2D eigenvalue weighted by atomic mass is 19.1. The smallest absolute Gasteiger partial charge is 0.314 e. The average Bonchev–Trinajstić information content (AvgIpc) is 2.36. The first-order chi connectivity index (χ1) is 8.97. The van der Waals surface area contributed by atoms with Crippen LogP contribution in [0.25, 0.3) is 0 Å². The van der Waals surface area contributed by atoms with Crippen molar-refractivity contribution >= 4 is 5.97 Å². The number of benzene rings is 1. The predicted molar refractivity (Wildman–Crippen MR) is 67.6 cm³/mol. The number of carbonyl (C=O) groups is 1. The molecule has 103 valence electrons. The summed E-state index contributed by atoms with van der Waals surface area (Å²) in [7, 11) is 0. The lowest BCUT2D eigenvalue weighted by molar-refractivity contribution is -0.139. The number of rotatable bonds is 2. The largest absolute Gasteiger partial charge is 0.426 e. The van der Waals surface area contributed by atoms with E-state index in [1.54, 1.807) is 0 Å². The summed E-state index contributed by atoms with van der Waals surface area (Å²) >= 11 is 0. The first-order valence-corrected chi connectivity index (χ1v) is 6.46. The maximum Gasteiger partial charge on any atom is 0.314 e. The first-order valence-electron chi connectivity index (χ1n) is 6.46.